The van der Waals surface area contributed by atoms with Gasteiger partial charge in [-0.05, 0) is 29.9 Å². The van der Waals surface area contributed by atoms with Crippen molar-refractivity contribution in [2.75, 3.05) is 13.1 Å². The zero-order valence-corrected chi connectivity index (χ0v) is 24.0. The standard InChI is InChI=1S/C34H44NO5/c1-24(2)21-31(36)39-32(25-15-16-25)40-34(26-11-5-3-6-12-26,27-13-7-4-8-14-27)33(37)38-30-22-28-17-18-29(23-30)35(28)19-9-10-20-35/h3-8,11-14,24-25,28-30,32H,9-10,15-23H2,1-2H3/q+1. The van der Waals surface area contributed by atoms with E-state index in [4.69, 9.17) is 14.2 Å². The first-order valence-corrected chi connectivity index (χ1v) is 15.5. The molecule has 2 aromatic rings. The molecule has 6 nitrogen and oxygen atoms in total. The molecule has 0 N–H and O–H groups in total. The zero-order valence-electron chi connectivity index (χ0n) is 24.0. The molecule has 40 heavy (non-hydrogen) atoms. The van der Waals surface area contributed by atoms with Crippen LogP contribution >= 0.6 is 0 Å². The molecule has 0 amide bonds. The quantitative estimate of drug-likeness (QED) is 0.204. The summed E-state index contributed by atoms with van der Waals surface area (Å²) in [4.78, 5) is 27.5. The third-order valence-electron chi connectivity index (χ3n) is 9.80. The average Bonchev–Trinajstić information content (AvgIpc) is 3.66. The summed E-state index contributed by atoms with van der Waals surface area (Å²) in [5.41, 5.74) is -0.151. The maximum atomic E-state index is 14.6. The number of esters is 2. The molecule has 3 saturated heterocycles. The van der Waals surface area contributed by atoms with Gasteiger partial charge in [0.25, 0.3) is 0 Å². The van der Waals surface area contributed by atoms with E-state index in [2.05, 4.69) is 0 Å². The largest absolute Gasteiger partial charge is 0.459 e. The lowest BCUT2D eigenvalue weighted by atomic mass is 9.85. The maximum absolute atomic E-state index is 14.6. The smallest absolute Gasteiger partial charge is 0.348 e. The molecule has 1 spiro atoms. The number of nitrogens with zero attached hydrogens (tertiary/aromatic N) is 1. The topological polar surface area (TPSA) is 61.8 Å². The second-order valence-corrected chi connectivity index (χ2v) is 13.0. The minimum atomic E-state index is -1.54. The van der Waals surface area contributed by atoms with Gasteiger partial charge in [0, 0.05) is 50.9 Å². The molecular weight excluding hydrogens is 502 g/mol. The van der Waals surface area contributed by atoms with Gasteiger partial charge < -0.3 is 18.7 Å². The molecule has 2 aromatic carbocycles. The van der Waals surface area contributed by atoms with Gasteiger partial charge in [0.05, 0.1) is 25.2 Å². The lowest BCUT2D eigenvalue weighted by molar-refractivity contribution is -0.956. The Morgan fingerprint density at radius 3 is 1.90 bits per heavy atom. The molecule has 1 aliphatic carbocycles. The van der Waals surface area contributed by atoms with E-state index < -0.39 is 17.9 Å². The molecule has 6 rings (SSSR count). The van der Waals surface area contributed by atoms with Crippen LogP contribution in [-0.4, -0.2) is 54.0 Å². The second-order valence-electron chi connectivity index (χ2n) is 13.0. The molecule has 3 heterocycles. The van der Waals surface area contributed by atoms with Crippen LogP contribution in [0.25, 0.3) is 0 Å². The van der Waals surface area contributed by atoms with Gasteiger partial charge in [-0.15, -0.1) is 0 Å². The number of benzene rings is 2. The van der Waals surface area contributed by atoms with E-state index in [1.54, 1.807) is 0 Å². The fourth-order valence-electron chi connectivity index (χ4n) is 7.74. The van der Waals surface area contributed by atoms with Crippen molar-refractivity contribution >= 4 is 11.9 Å². The van der Waals surface area contributed by atoms with Crippen LogP contribution in [0.3, 0.4) is 0 Å². The number of hydrogen-bond donors (Lipinski definition) is 0. The number of piperidine rings is 1. The van der Waals surface area contributed by atoms with Crippen molar-refractivity contribution in [3.8, 4) is 0 Å². The van der Waals surface area contributed by atoms with Crippen LogP contribution in [0.2, 0.25) is 0 Å². The van der Waals surface area contributed by atoms with E-state index in [1.165, 1.54) is 43.3 Å². The molecule has 3 aliphatic heterocycles. The lowest BCUT2D eigenvalue weighted by Gasteiger charge is -2.47. The van der Waals surface area contributed by atoms with Crippen LogP contribution in [0.1, 0.15) is 82.8 Å². The van der Waals surface area contributed by atoms with Gasteiger partial charge in [0.15, 0.2) is 0 Å². The minimum absolute atomic E-state index is 0.0701. The van der Waals surface area contributed by atoms with Crippen LogP contribution in [0, 0.1) is 11.8 Å². The summed E-state index contributed by atoms with van der Waals surface area (Å²) in [6, 6.07) is 20.4. The summed E-state index contributed by atoms with van der Waals surface area (Å²) in [5, 5.41) is 0. The molecule has 0 radical (unpaired) electrons. The highest BCUT2D eigenvalue weighted by atomic mass is 16.7. The molecule has 2 bridgehead atoms. The normalized spacial score (nSPS) is 26.1. The van der Waals surface area contributed by atoms with E-state index >= 15 is 0 Å². The molecule has 4 fully saturated rings. The van der Waals surface area contributed by atoms with Crippen LogP contribution in [0.15, 0.2) is 60.7 Å². The van der Waals surface area contributed by atoms with Gasteiger partial charge in [-0.1, -0.05) is 74.5 Å². The van der Waals surface area contributed by atoms with Crippen molar-refractivity contribution in [2.24, 2.45) is 11.8 Å². The van der Waals surface area contributed by atoms with E-state index in [9.17, 15) is 9.59 Å². The van der Waals surface area contributed by atoms with Gasteiger partial charge in [-0.25, -0.2) is 4.79 Å². The molecule has 6 heteroatoms. The summed E-state index contributed by atoms with van der Waals surface area (Å²) in [6.45, 7) is 6.55. The fraction of sp³-hybridized carbons (Fsp3) is 0.588. The SMILES string of the molecule is CC(C)CC(=O)OC(OC(C(=O)OC1CC2CCC(C1)[N+]21CCCC1)(c1ccccc1)c1ccccc1)C1CC1. The minimum Gasteiger partial charge on any atom is -0.459 e. The van der Waals surface area contributed by atoms with Crippen molar-refractivity contribution in [3.63, 3.8) is 0 Å². The van der Waals surface area contributed by atoms with Crippen LogP contribution in [-0.2, 0) is 29.4 Å². The zero-order chi connectivity index (χ0) is 27.7. The maximum Gasteiger partial charge on any atom is 0.348 e. The highest BCUT2D eigenvalue weighted by molar-refractivity contribution is 5.86. The van der Waals surface area contributed by atoms with Crippen molar-refractivity contribution < 1.29 is 28.3 Å². The first kappa shape index (κ1) is 27.5. The van der Waals surface area contributed by atoms with Crippen molar-refractivity contribution in [3.05, 3.63) is 71.8 Å². The Morgan fingerprint density at radius 1 is 0.850 bits per heavy atom. The van der Waals surface area contributed by atoms with Gasteiger partial charge >= 0.3 is 11.9 Å². The third-order valence-corrected chi connectivity index (χ3v) is 9.80. The first-order valence-electron chi connectivity index (χ1n) is 15.5. The molecule has 3 unspecified atom stereocenters. The Hall–Kier alpha value is -2.70. The van der Waals surface area contributed by atoms with E-state index in [0.29, 0.717) is 29.6 Å². The summed E-state index contributed by atoms with van der Waals surface area (Å²) in [7, 11) is 0. The lowest BCUT2D eigenvalue weighted by Crippen LogP contribution is -2.60. The van der Waals surface area contributed by atoms with Crippen LogP contribution < -0.4 is 0 Å². The predicted molar refractivity (Wildman–Crippen MR) is 152 cm³/mol. The van der Waals surface area contributed by atoms with E-state index in [-0.39, 0.29) is 23.9 Å². The van der Waals surface area contributed by atoms with E-state index in [1.807, 2.05) is 74.5 Å². The summed E-state index contributed by atoms with van der Waals surface area (Å²) in [6.07, 6.45) is 8.08. The molecular formula is C34H44NO5+. The summed E-state index contributed by atoms with van der Waals surface area (Å²) >= 11 is 0. The first-order chi connectivity index (χ1) is 19.4. The molecule has 3 atom stereocenters. The summed E-state index contributed by atoms with van der Waals surface area (Å²) in [5.74, 6) is -0.456. The molecule has 214 valence electrons. The predicted octanol–water partition coefficient (Wildman–Crippen LogP) is 6.12. The second kappa shape index (κ2) is 11.3. The molecule has 1 saturated carbocycles. The molecule has 0 aromatic heterocycles. The number of quaternary nitrogens is 1. The van der Waals surface area contributed by atoms with Crippen molar-refractivity contribution in [2.45, 2.75) is 102 Å². The monoisotopic (exact) mass is 546 g/mol. The summed E-state index contributed by atoms with van der Waals surface area (Å²) < 4.78 is 20.5. The van der Waals surface area contributed by atoms with Crippen molar-refractivity contribution in [1.82, 2.24) is 0 Å². The van der Waals surface area contributed by atoms with Crippen LogP contribution in [0.5, 0.6) is 0 Å². The highest BCUT2D eigenvalue weighted by Crippen LogP contribution is 2.48. The number of carbonyl (C=O) groups is 2. The highest BCUT2D eigenvalue weighted by Gasteiger charge is 2.57. The Morgan fingerprint density at radius 2 is 1.40 bits per heavy atom. The van der Waals surface area contributed by atoms with Crippen molar-refractivity contribution in [1.29, 1.82) is 0 Å². The van der Waals surface area contributed by atoms with Gasteiger partial charge in [0.1, 0.15) is 6.10 Å². The third kappa shape index (κ3) is 5.21. The number of ether oxygens (including phenoxy) is 3. The number of hydrogen-bond acceptors (Lipinski definition) is 5. The van der Waals surface area contributed by atoms with Gasteiger partial charge in [0.2, 0.25) is 11.9 Å². The Bertz CT molecular complexity index is 1120. The van der Waals surface area contributed by atoms with Gasteiger partial charge in [-0.2, -0.15) is 0 Å². The number of rotatable bonds is 10. The van der Waals surface area contributed by atoms with Gasteiger partial charge in [-0.3, -0.25) is 4.79 Å². The Labute approximate surface area is 238 Å². The number of carbonyl (C=O) groups excluding carboxylic acids is 2. The molecule has 4 aliphatic rings. The average molecular weight is 547 g/mol. The Kier molecular flexibility index (Phi) is 7.75. The van der Waals surface area contributed by atoms with Crippen LogP contribution in [0.4, 0.5) is 0 Å². The Balaban J connectivity index is 1.33. The fourth-order valence-corrected chi connectivity index (χ4v) is 7.74. The van der Waals surface area contributed by atoms with E-state index in [0.717, 1.165) is 25.7 Å².